The summed E-state index contributed by atoms with van der Waals surface area (Å²) in [6, 6.07) is 6.11. The van der Waals surface area contributed by atoms with Crippen LogP contribution in [0.5, 0.6) is 0 Å². The molecule has 1 aromatic carbocycles. The summed E-state index contributed by atoms with van der Waals surface area (Å²) in [5.74, 6) is -0.221. The molecule has 2 aliphatic rings. The lowest BCUT2D eigenvalue weighted by atomic mass is 9.89. The molecule has 1 saturated heterocycles. The number of esters is 1. The van der Waals surface area contributed by atoms with Crippen LogP contribution in [0.15, 0.2) is 18.2 Å². The Bertz CT molecular complexity index is 778. The summed E-state index contributed by atoms with van der Waals surface area (Å²) in [4.78, 5) is 17.7. The summed E-state index contributed by atoms with van der Waals surface area (Å²) >= 11 is 0. The molecule has 1 unspecified atom stereocenters. The molecule has 4 rings (SSSR count). The van der Waals surface area contributed by atoms with Gasteiger partial charge >= 0.3 is 5.97 Å². The van der Waals surface area contributed by atoms with Crippen LogP contribution in [0.2, 0.25) is 0 Å². The second kappa shape index (κ2) is 6.52. The highest BCUT2D eigenvalue weighted by Crippen LogP contribution is 2.30. The minimum Gasteiger partial charge on any atom is -0.459 e. The van der Waals surface area contributed by atoms with Crippen LogP contribution in [0.1, 0.15) is 52.9 Å². The molecular weight excluding hydrogens is 302 g/mol. The fraction of sp³-hybridized carbons (Fsp3) is 0.500. The molecule has 0 radical (unpaired) electrons. The maximum absolute atomic E-state index is 12.9. The van der Waals surface area contributed by atoms with Crippen molar-refractivity contribution >= 4 is 16.9 Å². The van der Waals surface area contributed by atoms with E-state index in [1.807, 2.05) is 19.1 Å². The molecule has 1 aliphatic heterocycles. The summed E-state index contributed by atoms with van der Waals surface area (Å²) in [7, 11) is 0. The second-order valence-corrected chi connectivity index (χ2v) is 6.87. The molecule has 1 fully saturated rings. The monoisotopic (exact) mass is 325 g/mol. The highest BCUT2D eigenvalue weighted by molar-refractivity contribution is 6.05. The van der Waals surface area contributed by atoms with Crippen molar-refractivity contribution in [3.8, 4) is 0 Å². The number of hydrogen-bond acceptors (Lipinski definition) is 4. The van der Waals surface area contributed by atoms with Gasteiger partial charge in [0, 0.05) is 17.7 Å². The minimum atomic E-state index is -0.221. The number of aryl methyl sites for hydroxylation is 2. The second-order valence-electron chi connectivity index (χ2n) is 6.87. The topological polar surface area (TPSA) is 48.4 Å². The Balaban J connectivity index is 1.73. The Morgan fingerprint density at radius 3 is 3.00 bits per heavy atom. The van der Waals surface area contributed by atoms with Crippen molar-refractivity contribution in [1.29, 1.82) is 0 Å². The van der Waals surface area contributed by atoms with E-state index in [1.54, 1.807) is 0 Å². The van der Waals surface area contributed by atoms with E-state index in [9.17, 15) is 4.79 Å². The molecule has 1 atom stereocenters. The number of hydrogen-bond donors (Lipinski definition) is 0. The predicted molar refractivity (Wildman–Crippen MR) is 92.4 cm³/mol. The molecule has 0 N–H and O–H groups in total. The fourth-order valence-electron chi connectivity index (χ4n) is 3.79. The third-order valence-corrected chi connectivity index (χ3v) is 5.05. The maximum atomic E-state index is 12.9. The van der Waals surface area contributed by atoms with E-state index in [0.29, 0.717) is 6.61 Å². The van der Waals surface area contributed by atoms with E-state index in [-0.39, 0.29) is 12.1 Å². The smallest absolute Gasteiger partial charge is 0.339 e. The van der Waals surface area contributed by atoms with E-state index >= 15 is 0 Å². The van der Waals surface area contributed by atoms with Gasteiger partial charge in [0.2, 0.25) is 0 Å². The van der Waals surface area contributed by atoms with Crippen LogP contribution >= 0.6 is 0 Å². The molecule has 24 heavy (non-hydrogen) atoms. The summed E-state index contributed by atoms with van der Waals surface area (Å²) in [6.07, 6.45) is 6.19. The van der Waals surface area contributed by atoms with Gasteiger partial charge in [-0.05, 0) is 63.1 Å². The number of aromatic nitrogens is 1. The first-order chi connectivity index (χ1) is 11.7. The lowest BCUT2D eigenvalue weighted by Gasteiger charge is -2.20. The first-order valence-electron chi connectivity index (χ1n) is 8.93. The predicted octanol–water partition coefficient (Wildman–Crippen LogP) is 3.76. The molecule has 1 aliphatic carbocycles. The van der Waals surface area contributed by atoms with Crippen LogP contribution in [-0.2, 0) is 22.3 Å². The molecule has 126 valence electrons. The Morgan fingerprint density at radius 2 is 2.17 bits per heavy atom. The Morgan fingerprint density at radius 1 is 1.29 bits per heavy atom. The van der Waals surface area contributed by atoms with Crippen LogP contribution in [0, 0.1) is 6.92 Å². The Labute approximate surface area is 142 Å². The van der Waals surface area contributed by atoms with Gasteiger partial charge in [-0.15, -0.1) is 0 Å². The first kappa shape index (κ1) is 15.6. The number of fused-ring (bicyclic) bond motifs is 2. The van der Waals surface area contributed by atoms with Crippen LogP contribution in [0.25, 0.3) is 10.9 Å². The van der Waals surface area contributed by atoms with Gasteiger partial charge in [-0.1, -0.05) is 11.6 Å². The highest BCUT2D eigenvalue weighted by atomic mass is 16.6. The van der Waals surface area contributed by atoms with E-state index in [2.05, 4.69) is 6.07 Å². The largest absolute Gasteiger partial charge is 0.459 e. The first-order valence-corrected chi connectivity index (χ1v) is 8.93. The van der Waals surface area contributed by atoms with Crippen molar-refractivity contribution in [2.75, 3.05) is 13.2 Å². The summed E-state index contributed by atoms with van der Waals surface area (Å²) in [6.45, 7) is 3.17. The molecular formula is C20H23NO3. The van der Waals surface area contributed by atoms with E-state index in [4.69, 9.17) is 14.5 Å². The third-order valence-electron chi connectivity index (χ3n) is 5.05. The van der Waals surface area contributed by atoms with Crippen molar-refractivity contribution in [3.05, 3.63) is 40.6 Å². The van der Waals surface area contributed by atoms with Gasteiger partial charge in [0.15, 0.2) is 0 Å². The van der Waals surface area contributed by atoms with Gasteiger partial charge in [-0.25, -0.2) is 4.79 Å². The van der Waals surface area contributed by atoms with Crippen LogP contribution in [0.4, 0.5) is 0 Å². The molecule has 2 heterocycles. The van der Waals surface area contributed by atoms with E-state index < -0.39 is 0 Å². The van der Waals surface area contributed by atoms with Gasteiger partial charge in [-0.3, -0.25) is 4.98 Å². The number of nitrogens with zero attached hydrogens (tertiary/aromatic N) is 1. The SMILES string of the molecule is Cc1ccc2nc3c(c(C(=O)OCC4CCCO4)c2c1)CCCC3. The lowest BCUT2D eigenvalue weighted by molar-refractivity contribution is 0.0162. The lowest BCUT2D eigenvalue weighted by Crippen LogP contribution is -2.20. The molecule has 2 aromatic rings. The standard InChI is InChI=1S/C20H23NO3/c1-13-8-9-18-16(11-13)19(15-6-2-3-7-17(15)21-18)20(22)24-12-14-5-4-10-23-14/h8-9,11,14H,2-7,10,12H2,1H3. The molecule has 0 bridgehead atoms. The zero-order valence-corrected chi connectivity index (χ0v) is 14.1. The zero-order chi connectivity index (χ0) is 16.5. The Hall–Kier alpha value is -1.94. The molecule has 0 amide bonds. The Kier molecular flexibility index (Phi) is 4.23. The minimum absolute atomic E-state index is 0.0552. The molecule has 0 spiro atoms. The van der Waals surface area contributed by atoms with Gasteiger partial charge in [-0.2, -0.15) is 0 Å². The summed E-state index contributed by atoms with van der Waals surface area (Å²) in [5, 5.41) is 0.924. The van der Waals surface area contributed by atoms with Crippen molar-refractivity contribution in [2.24, 2.45) is 0 Å². The number of benzene rings is 1. The van der Waals surface area contributed by atoms with Gasteiger partial charge in [0.05, 0.1) is 17.2 Å². The van der Waals surface area contributed by atoms with Crippen molar-refractivity contribution in [2.45, 2.75) is 51.6 Å². The quantitative estimate of drug-likeness (QED) is 0.806. The van der Waals surface area contributed by atoms with Crippen LogP contribution < -0.4 is 0 Å². The summed E-state index contributed by atoms with van der Waals surface area (Å²) < 4.78 is 11.2. The van der Waals surface area contributed by atoms with Crippen molar-refractivity contribution in [3.63, 3.8) is 0 Å². The normalized spacial score (nSPS) is 20.1. The molecule has 4 nitrogen and oxygen atoms in total. The van der Waals surface area contributed by atoms with Gasteiger partial charge < -0.3 is 9.47 Å². The number of ether oxygens (including phenoxy) is 2. The number of rotatable bonds is 3. The van der Waals surface area contributed by atoms with Crippen LogP contribution in [0.3, 0.4) is 0 Å². The van der Waals surface area contributed by atoms with Crippen molar-refractivity contribution in [1.82, 2.24) is 4.98 Å². The van der Waals surface area contributed by atoms with Gasteiger partial charge in [0.1, 0.15) is 6.61 Å². The van der Waals surface area contributed by atoms with Crippen LogP contribution in [-0.4, -0.2) is 30.3 Å². The maximum Gasteiger partial charge on any atom is 0.339 e. The van der Waals surface area contributed by atoms with E-state index in [1.165, 1.54) is 0 Å². The third kappa shape index (κ3) is 2.91. The number of carbonyl (C=O) groups is 1. The molecule has 1 aromatic heterocycles. The average molecular weight is 325 g/mol. The van der Waals surface area contributed by atoms with Crippen molar-refractivity contribution < 1.29 is 14.3 Å². The van der Waals surface area contributed by atoms with Gasteiger partial charge in [0.25, 0.3) is 0 Å². The highest BCUT2D eigenvalue weighted by Gasteiger charge is 2.25. The average Bonchev–Trinajstić information content (AvgIpc) is 3.11. The molecule has 4 heteroatoms. The summed E-state index contributed by atoms with van der Waals surface area (Å²) in [5.41, 5.74) is 4.92. The zero-order valence-electron chi connectivity index (χ0n) is 14.1. The number of carbonyl (C=O) groups excluding carboxylic acids is 1. The molecule has 0 saturated carbocycles. The fourth-order valence-corrected chi connectivity index (χ4v) is 3.79. The number of pyridine rings is 1. The van der Waals surface area contributed by atoms with E-state index in [0.717, 1.165) is 78.4 Å².